The summed E-state index contributed by atoms with van der Waals surface area (Å²) in [5.41, 5.74) is 0.647. The molecule has 1 aliphatic rings. The molecular formula is C12H13Cl3N2O2. The van der Waals surface area contributed by atoms with Gasteiger partial charge in [-0.05, 0) is 26.2 Å². The van der Waals surface area contributed by atoms with Crippen LogP contribution in [0.1, 0.15) is 10.4 Å². The van der Waals surface area contributed by atoms with Crippen molar-refractivity contribution in [3.8, 4) is 0 Å². The Hall–Kier alpha value is -0.810. The summed E-state index contributed by atoms with van der Waals surface area (Å²) in [6.45, 7) is 1.05. The van der Waals surface area contributed by atoms with Crippen LogP contribution in [0.2, 0.25) is 10.0 Å². The van der Waals surface area contributed by atoms with Crippen LogP contribution in [-0.2, 0) is 4.79 Å². The number of fused-ring (bicyclic) bond motifs is 1. The normalized spacial score (nSPS) is 13.8. The van der Waals surface area contributed by atoms with Crippen LogP contribution in [-0.4, -0.2) is 43.8 Å². The predicted octanol–water partition coefficient (Wildman–Crippen LogP) is 2.51. The highest BCUT2D eigenvalue weighted by molar-refractivity contribution is 6.56. The number of nitrogens with zero attached hydrogens (tertiary/aromatic N) is 2. The first-order valence-corrected chi connectivity index (χ1v) is 6.18. The fraction of sp³-hybridized carbons (Fsp3) is 0.333. The van der Waals surface area contributed by atoms with Crippen LogP contribution in [0.5, 0.6) is 0 Å². The number of hydrogen-bond acceptors (Lipinski definition) is 3. The maximum absolute atomic E-state index is 11.9. The van der Waals surface area contributed by atoms with Crippen molar-refractivity contribution in [2.75, 3.05) is 32.1 Å². The van der Waals surface area contributed by atoms with Crippen molar-refractivity contribution in [2.24, 2.45) is 0 Å². The summed E-state index contributed by atoms with van der Waals surface area (Å²) < 4.78 is 0. The molecule has 4 nitrogen and oxygen atoms in total. The molecule has 1 heterocycles. The van der Waals surface area contributed by atoms with E-state index in [2.05, 4.69) is 0 Å². The molecule has 0 spiro atoms. The summed E-state index contributed by atoms with van der Waals surface area (Å²) in [7, 11) is 3.78. The monoisotopic (exact) mass is 322 g/mol. The second-order valence-electron chi connectivity index (χ2n) is 4.34. The van der Waals surface area contributed by atoms with Gasteiger partial charge >= 0.3 is 0 Å². The number of benzene rings is 1. The number of anilines is 1. The lowest BCUT2D eigenvalue weighted by Crippen LogP contribution is -2.35. The zero-order valence-electron chi connectivity index (χ0n) is 10.4. The Balaban J connectivity index is 0.00000180. The van der Waals surface area contributed by atoms with E-state index in [0.717, 1.165) is 0 Å². The average Bonchev–Trinajstić information content (AvgIpc) is 2.56. The SMILES string of the molecule is CN(C)CCN1C(=O)C(=O)c2c(Cl)ccc(Cl)c21.Cl. The number of rotatable bonds is 3. The molecule has 2 rings (SSSR count). The Morgan fingerprint density at radius 1 is 1.16 bits per heavy atom. The minimum atomic E-state index is -0.587. The molecule has 0 radical (unpaired) electrons. The highest BCUT2D eigenvalue weighted by Gasteiger charge is 2.38. The number of Topliss-reactive ketones (excluding diaryl/α,β-unsaturated/α-hetero) is 1. The zero-order valence-corrected chi connectivity index (χ0v) is 12.8. The number of likely N-dealkylation sites (N-methyl/N-ethyl adjacent to an activating group) is 1. The second-order valence-corrected chi connectivity index (χ2v) is 5.16. The highest BCUT2D eigenvalue weighted by atomic mass is 35.5. The molecular weight excluding hydrogens is 311 g/mol. The van der Waals surface area contributed by atoms with Crippen molar-refractivity contribution in [1.29, 1.82) is 0 Å². The van der Waals surface area contributed by atoms with Crippen LogP contribution in [0.3, 0.4) is 0 Å². The van der Waals surface area contributed by atoms with Crippen LogP contribution in [0, 0.1) is 0 Å². The Morgan fingerprint density at radius 2 is 1.74 bits per heavy atom. The molecule has 7 heteroatoms. The van der Waals surface area contributed by atoms with Gasteiger partial charge in [-0.2, -0.15) is 0 Å². The Bertz CT molecular complexity index is 532. The van der Waals surface area contributed by atoms with Gasteiger partial charge in [0.25, 0.3) is 11.7 Å². The third-order valence-electron chi connectivity index (χ3n) is 2.79. The first kappa shape index (κ1) is 16.2. The van der Waals surface area contributed by atoms with E-state index in [1.165, 1.54) is 11.0 Å². The molecule has 19 heavy (non-hydrogen) atoms. The van der Waals surface area contributed by atoms with Gasteiger partial charge in [-0.1, -0.05) is 23.2 Å². The number of ketones is 1. The molecule has 1 aromatic carbocycles. The first-order valence-electron chi connectivity index (χ1n) is 5.42. The van der Waals surface area contributed by atoms with Gasteiger partial charge in [0, 0.05) is 13.1 Å². The third-order valence-corrected chi connectivity index (χ3v) is 3.41. The topological polar surface area (TPSA) is 40.6 Å². The lowest BCUT2D eigenvalue weighted by Gasteiger charge is -2.20. The number of halogens is 3. The number of carbonyl (C=O) groups is 2. The minimum Gasteiger partial charge on any atom is -0.308 e. The summed E-state index contributed by atoms with van der Waals surface area (Å²) >= 11 is 12.0. The molecule has 0 N–H and O–H groups in total. The van der Waals surface area contributed by atoms with Crippen LogP contribution < -0.4 is 4.90 Å². The average molecular weight is 324 g/mol. The van der Waals surface area contributed by atoms with Gasteiger partial charge in [0.15, 0.2) is 0 Å². The summed E-state index contributed by atoms with van der Waals surface area (Å²) in [4.78, 5) is 27.1. The number of amides is 1. The minimum absolute atomic E-state index is 0. The predicted molar refractivity (Wildman–Crippen MR) is 78.9 cm³/mol. The van der Waals surface area contributed by atoms with Crippen LogP contribution in [0.4, 0.5) is 5.69 Å². The molecule has 0 saturated heterocycles. The van der Waals surface area contributed by atoms with E-state index in [1.54, 1.807) is 6.07 Å². The third kappa shape index (κ3) is 2.87. The van der Waals surface area contributed by atoms with Gasteiger partial charge in [-0.3, -0.25) is 9.59 Å². The van der Waals surface area contributed by atoms with Crippen molar-refractivity contribution in [3.63, 3.8) is 0 Å². The first-order chi connectivity index (χ1) is 8.43. The quantitative estimate of drug-likeness (QED) is 0.803. The van der Waals surface area contributed by atoms with E-state index >= 15 is 0 Å². The van der Waals surface area contributed by atoms with Crippen LogP contribution in [0.15, 0.2) is 12.1 Å². The maximum Gasteiger partial charge on any atom is 0.299 e. The van der Waals surface area contributed by atoms with Crippen molar-refractivity contribution in [3.05, 3.63) is 27.7 Å². The standard InChI is InChI=1S/C12H12Cl2N2O2.ClH/c1-15(2)5-6-16-10-8(14)4-3-7(13)9(10)11(17)12(16)18;/h3-4H,5-6H2,1-2H3;1H. The highest BCUT2D eigenvalue weighted by Crippen LogP contribution is 2.39. The van der Waals surface area contributed by atoms with Crippen LogP contribution >= 0.6 is 35.6 Å². The Labute approximate surface area is 127 Å². The van der Waals surface area contributed by atoms with E-state index in [9.17, 15) is 9.59 Å². The van der Waals surface area contributed by atoms with E-state index in [-0.39, 0.29) is 23.0 Å². The van der Waals surface area contributed by atoms with Gasteiger partial charge in [0.2, 0.25) is 0 Å². The molecule has 1 amide bonds. The van der Waals surface area contributed by atoms with E-state index in [1.807, 2.05) is 19.0 Å². The summed E-state index contributed by atoms with van der Waals surface area (Å²) in [5, 5.41) is 0.632. The smallest absolute Gasteiger partial charge is 0.299 e. The summed E-state index contributed by atoms with van der Waals surface area (Å²) in [6.07, 6.45) is 0. The largest absolute Gasteiger partial charge is 0.308 e. The Morgan fingerprint density at radius 3 is 2.32 bits per heavy atom. The van der Waals surface area contributed by atoms with Crippen LogP contribution in [0.25, 0.3) is 0 Å². The molecule has 0 bridgehead atoms. The Kier molecular flexibility index (Phi) is 5.21. The lowest BCUT2D eigenvalue weighted by atomic mass is 10.1. The lowest BCUT2D eigenvalue weighted by molar-refractivity contribution is -0.114. The van der Waals surface area contributed by atoms with E-state index in [0.29, 0.717) is 23.8 Å². The number of carbonyl (C=O) groups excluding carboxylic acids is 2. The van der Waals surface area contributed by atoms with E-state index in [4.69, 9.17) is 23.2 Å². The molecule has 1 aromatic rings. The zero-order chi connectivity index (χ0) is 13.4. The molecule has 0 aliphatic carbocycles. The van der Waals surface area contributed by atoms with Gasteiger partial charge in [0.05, 0.1) is 21.3 Å². The van der Waals surface area contributed by atoms with Crippen molar-refractivity contribution in [2.45, 2.75) is 0 Å². The van der Waals surface area contributed by atoms with E-state index < -0.39 is 11.7 Å². The van der Waals surface area contributed by atoms with Gasteiger partial charge < -0.3 is 9.80 Å². The molecule has 0 aromatic heterocycles. The fourth-order valence-electron chi connectivity index (χ4n) is 1.87. The molecule has 0 fully saturated rings. The number of hydrogen-bond donors (Lipinski definition) is 0. The van der Waals surface area contributed by atoms with Crippen molar-refractivity contribution < 1.29 is 9.59 Å². The maximum atomic E-state index is 11.9. The molecule has 0 unspecified atom stereocenters. The molecule has 1 aliphatic heterocycles. The fourth-order valence-corrected chi connectivity index (χ4v) is 2.36. The summed E-state index contributed by atoms with van der Waals surface area (Å²) in [6, 6.07) is 3.13. The van der Waals surface area contributed by atoms with Gasteiger partial charge in [-0.25, -0.2) is 0 Å². The van der Waals surface area contributed by atoms with Gasteiger partial charge in [0.1, 0.15) is 0 Å². The molecule has 104 valence electrons. The van der Waals surface area contributed by atoms with Crippen molar-refractivity contribution >= 4 is 53.0 Å². The van der Waals surface area contributed by atoms with Gasteiger partial charge in [-0.15, -0.1) is 12.4 Å². The molecule has 0 atom stereocenters. The summed E-state index contributed by atoms with van der Waals surface area (Å²) in [5.74, 6) is -1.15. The van der Waals surface area contributed by atoms with Crippen molar-refractivity contribution in [1.82, 2.24) is 4.90 Å². The molecule has 0 saturated carbocycles. The second kappa shape index (κ2) is 6.09.